The first-order chi connectivity index (χ1) is 12.1. The van der Waals surface area contributed by atoms with Gasteiger partial charge in [0.15, 0.2) is 5.82 Å². The molecule has 3 aromatic rings. The first-order valence-corrected chi connectivity index (χ1v) is 8.69. The van der Waals surface area contributed by atoms with Crippen molar-refractivity contribution in [2.45, 2.75) is 12.1 Å². The Hall–Kier alpha value is -2.93. The average molecular weight is 350 g/mol. The minimum Gasteiger partial charge on any atom is -0.269 e. The van der Waals surface area contributed by atoms with Crippen molar-refractivity contribution in [1.82, 2.24) is 20.1 Å². The van der Waals surface area contributed by atoms with E-state index in [1.165, 1.54) is 22.2 Å². The number of hydrogen-bond donors (Lipinski definition) is 1. The van der Waals surface area contributed by atoms with Gasteiger partial charge in [-0.05, 0) is 19.1 Å². The Balaban J connectivity index is 1.47. The third-order valence-electron chi connectivity index (χ3n) is 3.99. The van der Waals surface area contributed by atoms with Gasteiger partial charge >= 0.3 is 0 Å². The van der Waals surface area contributed by atoms with Crippen LogP contribution in [0.4, 0.5) is 0 Å². The number of aromatic amines is 1. The molecule has 124 valence electrons. The molecule has 0 saturated heterocycles. The zero-order valence-electron chi connectivity index (χ0n) is 13.4. The number of benzene rings is 2. The SMILES string of the molecule is Cc1ccc(-c2nc(SCN3C(=O)c4ccccc4C3=O)n[nH]2)cc1. The fourth-order valence-corrected chi connectivity index (χ4v) is 3.38. The van der Waals surface area contributed by atoms with E-state index in [1.807, 2.05) is 31.2 Å². The van der Waals surface area contributed by atoms with Gasteiger partial charge in [0.25, 0.3) is 11.8 Å². The zero-order valence-corrected chi connectivity index (χ0v) is 14.2. The molecule has 0 fully saturated rings. The van der Waals surface area contributed by atoms with Crippen LogP contribution in [0.15, 0.2) is 53.7 Å². The minimum absolute atomic E-state index is 0.178. The van der Waals surface area contributed by atoms with Crippen LogP contribution in [0.1, 0.15) is 26.3 Å². The molecule has 2 heterocycles. The monoisotopic (exact) mass is 350 g/mol. The highest BCUT2D eigenvalue weighted by atomic mass is 32.2. The van der Waals surface area contributed by atoms with Crippen molar-refractivity contribution >= 4 is 23.6 Å². The predicted molar refractivity (Wildman–Crippen MR) is 94.2 cm³/mol. The fourth-order valence-electron chi connectivity index (χ4n) is 2.63. The summed E-state index contributed by atoms with van der Waals surface area (Å²) < 4.78 is 0. The van der Waals surface area contributed by atoms with E-state index in [2.05, 4.69) is 15.2 Å². The summed E-state index contributed by atoms with van der Waals surface area (Å²) >= 11 is 1.25. The number of fused-ring (bicyclic) bond motifs is 1. The second-order valence-corrected chi connectivity index (χ2v) is 6.60. The van der Waals surface area contributed by atoms with Gasteiger partial charge in [-0.3, -0.25) is 19.6 Å². The number of carbonyl (C=O) groups excluding carboxylic acids is 2. The average Bonchev–Trinajstić information content (AvgIpc) is 3.19. The second-order valence-electron chi connectivity index (χ2n) is 5.69. The van der Waals surface area contributed by atoms with E-state index in [0.717, 1.165) is 5.56 Å². The summed E-state index contributed by atoms with van der Waals surface area (Å²) in [6.07, 6.45) is 0. The van der Waals surface area contributed by atoms with E-state index >= 15 is 0 Å². The normalized spacial score (nSPS) is 13.4. The van der Waals surface area contributed by atoms with Crippen LogP contribution in [-0.2, 0) is 0 Å². The Labute approximate surface area is 148 Å². The van der Waals surface area contributed by atoms with Crippen LogP contribution in [0, 0.1) is 6.92 Å². The Morgan fingerprint density at radius 3 is 2.28 bits per heavy atom. The maximum Gasteiger partial charge on any atom is 0.262 e. The van der Waals surface area contributed by atoms with Crippen molar-refractivity contribution in [3.8, 4) is 11.4 Å². The molecule has 2 amide bonds. The molecule has 7 heteroatoms. The highest BCUT2D eigenvalue weighted by Crippen LogP contribution is 2.26. The molecule has 0 bridgehead atoms. The van der Waals surface area contributed by atoms with Crippen molar-refractivity contribution in [2.75, 3.05) is 5.88 Å². The molecule has 1 aliphatic heterocycles. The van der Waals surface area contributed by atoms with E-state index < -0.39 is 0 Å². The number of hydrogen-bond acceptors (Lipinski definition) is 5. The molecule has 25 heavy (non-hydrogen) atoms. The zero-order chi connectivity index (χ0) is 17.4. The number of rotatable bonds is 4. The lowest BCUT2D eigenvalue weighted by molar-refractivity contribution is 0.0684. The van der Waals surface area contributed by atoms with Gasteiger partial charge in [0.1, 0.15) is 0 Å². The summed E-state index contributed by atoms with van der Waals surface area (Å²) in [7, 11) is 0. The number of carbonyl (C=O) groups is 2. The molecule has 0 aliphatic carbocycles. The van der Waals surface area contributed by atoms with Crippen LogP contribution >= 0.6 is 11.8 Å². The third kappa shape index (κ3) is 2.83. The lowest BCUT2D eigenvalue weighted by Gasteiger charge is -2.11. The predicted octanol–water partition coefficient (Wildman–Crippen LogP) is 3.13. The molecule has 2 aromatic carbocycles. The number of aryl methyl sites for hydroxylation is 1. The van der Waals surface area contributed by atoms with Gasteiger partial charge in [-0.25, -0.2) is 4.98 Å². The summed E-state index contributed by atoms with van der Waals surface area (Å²) in [6.45, 7) is 2.02. The van der Waals surface area contributed by atoms with Gasteiger partial charge in [-0.2, -0.15) is 0 Å². The standard InChI is InChI=1S/C18H14N4O2S/c1-11-6-8-12(9-7-11)15-19-18(21-20-15)25-10-22-16(23)13-4-2-3-5-14(13)17(22)24/h2-9H,10H2,1H3,(H,19,20,21). The largest absolute Gasteiger partial charge is 0.269 e. The van der Waals surface area contributed by atoms with Crippen LogP contribution in [0.5, 0.6) is 0 Å². The number of nitrogens with zero attached hydrogens (tertiary/aromatic N) is 3. The Morgan fingerprint density at radius 2 is 1.64 bits per heavy atom. The lowest BCUT2D eigenvalue weighted by atomic mass is 10.1. The third-order valence-corrected chi connectivity index (χ3v) is 4.82. The van der Waals surface area contributed by atoms with E-state index in [4.69, 9.17) is 0 Å². The molecule has 6 nitrogen and oxygen atoms in total. The number of thioether (sulfide) groups is 1. The highest BCUT2D eigenvalue weighted by Gasteiger charge is 2.35. The van der Waals surface area contributed by atoms with Crippen LogP contribution in [0.25, 0.3) is 11.4 Å². The highest BCUT2D eigenvalue weighted by molar-refractivity contribution is 7.99. The van der Waals surface area contributed by atoms with Crippen LogP contribution < -0.4 is 0 Å². The molecule has 0 atom stereocenters. The first kappa shape index (κ1) is 15.6. The summed E-state index contributed by atoms with van der Waals surface area (Å²) in [5.74, 6) is 0.284. The Kier molecular flexibility index (Phi) is 3.85. The Bertz CT molecular complexity index is 930. The summed E-state index contributed by atoms with van der Waals surface area (Å²) in [5.41, 5.74) is 3.00. The maximum atomic E-state index is 12.3. The van der Waals surface area contributed by atoms with Crippen LogP contribution in [0.2, 0.25) is 0 Å². The van der Waals surface area contributed by atoms with E-state index in [9.17, 15) is 9.59 Å². The van der Waals surface area contributed by atoms with Gasteiger partial charge in [0.2, 0.25) is 5.16 Å². The molecule has 4 rings (SSSR count). The molecule has 1 aliphatic rings. The van der Waals surface area contributed by atoms with Crippen molar-refractivity contribution in [3.63, 3.8) is 0 Å². The van der Waals surface area contributed by atoms with Crippen molar-refractivity contribution in [2.24, 2.45) is 0 Å². The van der Waals surface area contributed by atoms with Crippen molar-refractivity contribution < 1.29 is 9.59 Å². The quantitative estimate of drug-likeness (QED) is 0.578. The summed E-state index contributed by atoms with van der Waals surface area (Å²) in [5, 5.41) is 7.53. The smallest absolute Gasteiger partial charge is 0.262 e. The molecule has 1 aromatic heterocycles. The number of H-pyrrole nitrogens is 1. The topological polar surface area (TPSA) is 79.0 Å². The molecular weight excluding hydrogens is 336 g/mol. The second kappa shape index (κ2) is 6.18. The van der Waals surface area contributed by atoms with Gasteiger partial charge in [-0.15, -0.1) is 5.10 Å². The Morgan fingerprint density at radius 1 is 1.00 bits per heavy atom. The molecule has 0 radical (unpaired) electrons. The molecule has 0 saturated carbocycles. The number of aromatic nitrogens is 3. The van der Waals surface area contributed by atoms with Gasteiger partial charge in [0, 0.05) is 5.56 Å². The van der Waals surface area contributed by atoms with Crippen molar-refractivity contribution in [3.05, 3.63) is 65.2 Å². The van der Waals surface area contributed by atoms with Crippen LogP contribution in [0.3, 0.4) is 0 Å². The van der Waals surface area contributed by atoms with E-state index in [-0.39, 0.29) is 17.7 Å². The van der Waals surface area contributed by atoms with Crippen LogP contribution in [-0.4, -0.2) is 37.8 Å². The fraction of sp³-hybridized carbons (Fsp3) is 0.111. The number of nitrogens with one attached hydrogen (secondary N) is 1. The van der Waals surface area contributed by atoms with E-state index in [1.54, 1.807) is 24.3 Å². The first-order valence-electron chi connectivity index (χ1n) is 7.71. The molecular formula is C18H14N4O2S. The summed E-state index contributed by atoms with van der Waals surface area (Å²) in [4.78, 5) is 30.3. The molecule has 0 unspecified atom stereocenters. The van der Waals surface area contributed by atoms with Gasteiger partial charge < -0.3 is 0 Å². The van der Waals surface area contributed by atoms with Crippen molar-refractivity contribution in [1.29, 1.82) is 0 Å². The molecule has 1 N–H and O–H groups in total. The maximum absolute atomic E-state index is 12.3. The molecule has 0 spiro atoms. The van der Waals surface area contributed by atoms with Gasteiger partial charge in [-0.1, -0.05) is 53.7 Å². The summed E-state index contributed by atoms with van der Waals surface area (Å²) in [6, 6.07) is 14.8. The number of imide groups is 1. The minimum atomic E-state index is -0.276. The lowest BCUT2D eigenvalue weighted by Crippen LogP contribution is -2.29. The van der Waals surface area contributed by atoms with Gasteiger partial charge in [0.05, 0.1) is 17.0 Å². The van der Waals surface area contributed by atoms with E-state index in [0.29, 0.717) is 22.1 Å². The number of amides is 2.